The van der Waals surface area contributed by atoms with Crippen molar-refractivity contribution in [2.24, 2.45) is 4.99 Å². The summed E-state index contributed by atoms with van der Waals surface area (Å²) in [5.41, 5.74) is 8.75. The van der Waals surface area contributed by atoms with Crippen LogP contribution in [0.5, 0.6) is 11.5 Å². The zero-order valence-electron chi connectivity index (χ0n) is 51.9. The molecule has 0 bridgehead atoms. The monoisotopic (exact) mass is 1230 g/mol. The minimum Gasteiger partial charge on any atom is -0.507 e. The van der Waals surface area contributed by atoms with Gasteiger partial charge in [-0.05, 0) is 185 Å². The van der Waals surface area contributed by atoms with Gasteiger partial charge >= 0.3 is 0 Å². The number of phenolic OH excluding ortho intramolecular Hbond substituents is 2. The van der Waals surface area contributed by atoms with Crippen LogP contribution in [-0.2, 0) is 73.1 Å². The molecule has 1 aliphatic rings. The van der Waals surface area contributed by atoms with E-state index in [0.29, 0.717) is 84.5 Å². The van der Waals surface area contributed by atoms with Gasteiger partial charge in [0.1, 0.15) is 16.4 Å². The van der Waals surface area contributed by atoms with Gasteiger partial charge in [0.2, 0.25) is 0 Å². The smallest absolute Gasteiger partial charge is 0.295 e. The van der Waals surface area contributed by atoms with Crippen molar-refractivity contribution in [3.8, 4) is 11.5 Å². The maximum absolute atomic E-state index is 14.5. The number of aromatic hydroxyl groups is 2. The molecule has 0 heterocycles. The molecule has 1 aliphatic carbocycles. The second kappa shape index (κ2) is 22.9. The fourth-order valence-corrected chi connectivity index (χ4v) is 15.4. The summed E-state index contributed by atoms with van der Waals surface area (Å²) in [4.78, 5) is 3.67. The average molecular weight is 1230 g/mol. The van der Waals surface area contributed by atoms with Gasteiger partial charge in [-0.25, -0.2) is 21.8 Å². The topological polar surface area (TPSA) is 242 Å². The highest BCUT2D eigenvalue weighted by Gasteiger charge is 2.33. The SMILES string of the molecule is Cc1cc(C)c(N=C2C=CC(=C(c3ccc(Nc4c(C)cc(C)c(CS(=O)(=O)c5cc(C(C)(C)C)c(O)c(C(C)(C)C)c5)c4C)cc3)c3ccc(S(=O)(=O)O)cc3S(=O)(=O)O)C=C2)c(C)c1CS(=O)(=O)c1cc(C(C)(C)C)c(O)c(C(C)(C)C)c1. The van der Waals surface area contributed by atoms with Crippen molar-refractivity contribution < 1.29 is 53.0 Å². The zero-order chi connectivity index (χ0) is 63.9. The van der Waals surface area contributed by atoms with E-state index in [1.165, 1.54) is 6.07 Å². The van der Waals surface area contributed by atoms with Crippen LogP contribution < -0.4 is 5.32 Å². The number of hydrogen-bond donors (Lipinski definition) is 5. The third-order valence-corrected chi connectivity index (χ3v) is 20.6. The number of nitrogens with one attached hydrogen (secondary N) is 1. The van der Waals surface area contributed by atoms with Gasteiger partial charge in [-0.1, -0.05) is 126 Å². The van der Waals surface area contributed by atoms with Crippen molar-refractivity contribution in [3.05, 3.63) is 187 Å². The van der Waals surface area contributed by atoms with Crippen LogP contribution >= 0.6 is 0 Å². The molecule has 0 fully saturated rings. The van der Waals surface area contributed by atoms with Gasteiger partial charge in [-0.2, -0.15) is 16.8 Å². The molecule has 6 aromatic carbocycles. The molecule has 0 aromatic heterocycles. The summed E-state index contributed by atoms with van der Waals surface area (Å²) in [6.45, 7) is 34.3. The molecular weight excluding hydrogens is 1150 g/mol. The maximum Gasteiger partial charge on any atom is 0.295 e. The lowest BCUT2D eigenvalue weighted by Crippen LogP contribution is -2.19. The summed E-state index contributed by atoms with van der Waals surface area (Å²) < 4.78 is 130. The fraction of sp³-hybridized carbons (Fsp3) is 0.358. The number of allylic oxidation sites excluding steroid dienone is 5. The molecule has 0 atom stereocenters. The van der Waals surface area contributed by atoms with Crippen molar-refractivity contribution in [2.75, 3.05) is 5.32 Å². The van der Waals surface area contributed by atoms with Gasteiger partial charge in [0.05, 0.1) is 37.6 Å². The Hall–Kier alpha value is -6.67. The number of benzene rings is 6. The first-order valence-corrected chi connectivity index (χ1v) is 34.0. The highest BCUT2D eigenvalue weighted by Crippen LogP contribution is 2.45. The molecule has 18 heteroatoms. The lowest BCUT2D eigenvalue weighted by Gasteiger charge is -2.28. The summed E-state index contributed by atoms with van der Waals surface area (Å²) in [7, 11) is -18.0. The maximum atomic E-state index is 14.5. The molecule has 0 aliphatic heterocycles. The van der Waals surface area contributed by atoms with Gasteiger partial charge in [0.25, 0.3) is 20.2 Å². The second-order valence-corrected chi connectivity index (χ2v) is 33.3. The Morgan fingerprint density at radius 1 is 0.471 bits per heavy atom. The molecule has 14 nitrogen and oxygen atoms in total. The number of aliphatic imine (C=N–C) groups is 1. The first-order chi connectivity index (χ1) is 38.7. The van der Waals surface area contributed by atoms with Crippen molar-refractivity contribution in [2.45, 2.75) is 177 Å². The molecule has 7 rings (SSSR count). The molecule has 454 valence electrons. The molecule has 0 amide bonds. The van der Waals surface area contributed by atoms with E-state index in [1.54, 1.807) is 72.8 Å². The van der Waals surface area contributed by atoms with Crippen LogP contribution in [-0.4, -0.2) is 58.7 Å². The Morgan fingerprint density at radius 2 is 0.882 bits per heavy atom. The molecule has 0 saturated carbocycles. The molecule has 0 unspecified atom stereocenters. The van der Waals surface area contributed by atoms with Crippen molar-refractivity contribution in [1.29, 1.82) is 0 Å². The molecule has 85 heavy (non-hydrogen) atoms. The Kier molecular flexibility index (Phi) is 17.7. The Morgan fingerprint density at radius 3 is 1.28 bits per heavy atom. The van der Waals surface area contributed by atoms with E-state index >= 15 is 0 Å². The highest BCUT2D eigenvalue weighted by atomic mass is 32.2. The highest BCUT2D eigenvalue weighted by molar-refractivity contribution is 7.91. The standard InChI is InChI=1S/C67H80N2O12S4/c1-38-29-40(3)60(42(5)52(38)36-82(72,73)49-31-54(64(7,8)9)62(70)55(32-49)65(10,11)12)68-46-23-19-44(20-24-46)59(51-28-27-48(84(76,77)78)35-58(51)85(79,80)81)45-21-25-47(26-22-45)69-61-41(4)30-39(2)53(43(61)6)37-83(74,75)50-33-56(66(13,14)15)63(71)57(34-50)67(16,17)18/h19-35,68,70-71H,36-37H2,1-18H3,(H,76,77,78)(H,79,80,81). The van der Waals surface area contributed by atoms with E-state index in [-0.39, 0.29) is 43.9 Å². The number of nitrogens with zero attached hydrogens (tertiary/aromatic N) is 1. The van der Waals surface area contributed by atoms with Crippen LogP contribution in [0.4, 0.5) is 17.1 Å². The molecule has 0 spiro atoms. The Balaban J connectivity index is 1.29. The normalized spacial score (nSPS) is 13.8. The van der Waals surface area contributed by atoms with Gasteiger partial charge in [0.15, 0.2) is 19.7 Å². The van der Waals surface area contributed by atoms with Crippen molar-refractivity contribution >= 4 is 68.3 Å². The number of hydrogen-bond acceptors (Lipinski definition) is 12. The van der Waals surface area contributed by atoms with E-state index in [2.05, 4.69) is 5.32 Å². The quantitative estimate of drug-likeness (QED) is 0.0677. The Bertz CT molecular complexity index is 4240. The summed E-state index contributed by atoms with van der Waals surface area (Å²) in [5, 5.41) is 26.2. The average Bonchev–Trinajstić information content (AvgIpc) is 1.14. The molecule has 5 N–H and O–H groups in total. The zero-order valence-corrected chi connectivity index (χ0v) is 55.1. The van der Waals surface area contributed by atoms with E-state index in [0.717, 1.165) is 28.3 Å². The third kappa shape index (κ3) is 14.1. The van der Waals surface area contributed by atoms with E-state index in [4.69, 9.17) is 4.99 Å². The summed E-state index contributed by atoms with van der Waals surface area (Å²) >= 11 is 0. The van der Waals surface area contributed by atoms with Crippen LogP contribution in [0.3, 0.4) is 0 Å². The number of anilines is 2. The Labute approximate surface area is 503 Å². The summed E-state index contributed by atoms with van der Waals surface area (Å²) in [5.74, 6) is -0.501. The van der Waals surface area contributed by atoms with Crippen LogP contribution in [0.15, 0.2) is 133 Å². The first kappa shape index (κ1) is 65.9. The summed E-state index contributed by atoms with van der Waals surface area (Å²) in [6.07, 6.45) is 6.74. The number of phenols is 2. The molecule has 6 aromatic rings. The lowest BCUT2D eigenvalue weighted by atomic mass is 9.79. The van der Waals surface area contributed by atoms with Crippen molar-refractivity contribution in [3.63, 3.8) is 0 Å². The molecule has 0 saturated heterocycles. The minimum absolute atomic E-state index is 0.0735. The second-order valence-electron chi connectivity index (χ2n) is 26.5. The van der Waals surface area contributed by atoms with E-state index in [1.807, 2.05) is 137 Å². The number of aryl methyl sites for hydroxylation is 4. The van der Waals surface area contributed by atoms with E-state index in [9.17, 15) is 53.0 Å². The minimum atomic E-state index is -5.15. The van der Waals surface area contributed by atoms with Gasteiger partial charge in [-0.15, -0.1) is 0 Å². The van der Waals surface area contributed by atoms with Crippen LogP contribution in [0.2, 0.25) is 0 Å². The largest absolute Gasteiger partial charge is 0.507 e. The third-order valence-electron chi connectivity index (χ3n) is 15.6. The van der Waals surface area contributed by atoms with Gasteiger partial charge in [-0.3, -0.25) is 9.11 Å². The van der Waals surface area contributed by atoms with Crippen LogP contribution in [0.1, 0.15) is 161 Å². The number of sulfone groups is 2. The van der Waals surface area contributed by atoms with Crippen molar-refractivity contribution in [1.82, 2.24) is 0 Å². The predicted molar refractivity (Wildman–Crippen MR) is 341 cm³/mol. The number of rotatable bonds is 13. The lowest BCUT2D eigenvalue weighted by molar-refractivity contribution is 0.420. The molecule has 0 radical (unpaired) electrons. The van der Waals surface area contributed by atoms with Crippen LogP contribution in [0, 0.1) is 41.5 Å². The van der Waals surface area contributed by atoms with Gasteiger partial charge in [0, 0.05) is 39.2 Å². The fourth-order valence-electron chi connectivity index (χ4n) is 10.9. The summed E-state index contributed by atoms with van der Waals surface area (Å²) in [6, 6.07) is 19.9. The van der Waals surface area contributed by atoms with Crippen LogP contribution in [0.25, 0.3) is 5.57 Å². The van der Waals surface area contributed by atoms with Gasteiger partial charge < -0.3 is 15.5 Å². The predicted octanol–water partition coefficient (Wildman–Crippen LogP) is 15.0. The van der Waals surface area contributed by atoms with E-state index < -0.39 is 71.4 Å². The first-order valence-electron chi connectivity index (χ1n) is 27.8. The molecular formula is C67H80N2O12S4.